The van der Waals surface area contributed by atoms with Crippen molar-refractivity contribution in [2.75, 3.05) is 39.6 Å². The van der Waals surface area contributed by atoms with Crippen molar-refractivity contribution in [1.29, 1.82) is 0 Å². The number of hydrogen-bond acceptors (Lipinski definition) is 9. The van der Waals surface area contributed by atoms with Crippen LogP contribution < -0.4 is 15.6 Å². The zero-order chi connectivity index (χ0) is 32.4. The van der Waals surface area contributed by atoms with Crippen molar-refractivity contribution in [3.05, 3.63) is 76.6 Å². The molecule has 0 saturated carbocycles. The number of aliphatic carboxylic acids is 1. The quantitative estimate of drug-likeness (QED) is 0.0752. The monoisotopic (exact) mass is 637 g/mol. The van der Waals surface area contributed by atoms with Crippen LogP contribution >= 0.6 is 11.8 Å². The van der Waals surface area contributed by atoms with Crippen molar-refractivity contribution < 1.29 is 33.6 Å². The van der Waals surface area contributed by atoms with E-state index in [1.807, 2.05) is 43.3 Å². The van der Waals surface area contributed by atoms with E-state index < -0.39 is 22.9 Å². The third-order valence-electron chi connectivity index (χ3n) is 6.52. The van der Waals surface area contributed by atoms with E-state index >= 15 is 0 Å². The number of fused-ring (bicyclic) bond motifs is 2. The lowest BCUT2D eigenvalue weighted by atomic mass is 10.1. The number of carboxylic acid groups (broad SMARTS) is 1. The van der Waals surface area contributed by atoms with Crippen molar-refractivity contribution in [2.45, 2.75) is 50.2 Å². The molecule has 0 aliphatic heterocycles. The predicted molar refractivity (Wildman–Crippen MR) is 173 cm³/mol. The van der Waals surface area contributed by atoms with Crippen molar-refractivity contribution in [3.63, 3.8) is 0 Å². The van der Waals surface area contributed by atoms with Gasteiger partial charge < -0.3 is 29.4 Å². The molecule has 240 valence electrons. The Bertz CT molecular complexity index is 1670. The summed E-state index contributed by atoms with van der Waals surface area (Å²) in [5.74, 6) is -0.470. The van der Waals surface area contributed by atoms with E-state index in [0.717, 1.165) is 22.5 Å². The van der Waals surface area contributed by atoms with E-state index in [-0.39, 0.29) is 5.56 Å². The van der Waals surface area contributed by atoms with Crippen LogP contribution in [0.5, 0.6) is 5.75 Å². The Morgan fingerprint density at radius 3 is 2.24 bits per heavy atom. The second-order valence-electron chi connectivity index (χ2n) is 11.1. The number of alkyl carbamates (subject to hydrolysis) is 1. The standard InChI is InChI=1S/C33H39N3O8S/c1-5-36-29(37)26-20-23-8-6-7-9-24(23)21-27(26)35-31(36)45-28(30(38)39)22-10-12-25(13-11-22)43-19-18-42-17-16-41-15-14-34-32(40)44-33(2,3)4/h6-13,20-21,28H,5,14-19H2,1-4H3,(H,34,40)(H,38,39). The lowest BCUT2D eigenvalue weighted by molar-refractivity contribution is -0.136. The minimum Gasteiger partial charge on any atom is -0.491 e. The predicted octanol–water partition coefficient (Wildman–Crippen LogP) is 5.42. The van der Waals surface area contributed by atoms with Crippen molar-refractivity contribution >= 4 is 45.5 Å². The molecule has 1 amide bonds. The van der Waals surface area contributed by atoms with Gasteiger partial charge in [0.25, 0.3) is 5.56 Å². The highest BCUT2D eigenvalue weighted by Gasteiger charge is 2.25. The van der Waals surface area contributed by atoms with Crippen molar-refractivity contribution in [2.24, 2.45) is 0 Å². The lowest BCUT2D eigenvalue weighted by Gasteiger charge is -2.19. The fourth-order valence-electron chi connectivity index (χ4n) is 4.44. The number of aromatic nitrogens is 2. The molecule has 0 aliphatic rings. The normalized spacial score (nSPS) is 12.3. The Labute approximate surface area is 265 Å². The molecule has 11 nitrogen and oxygen atoms in total. The number of thioether (sulfide) groups is 1. The molecule has 45 heavy (non-hydrogen) atoms. The van der Waals surface area contributed by atoms with Gasteiger partial charge in [0, 0.05) is 13.1 Å². The Kier molecular flexibility index (Phi) is 11.8. The molecule has 0 fully saturated rings. The van der Waals surface area contributed by atoms with Crippen LogP contribution in [0.4, 0.5) is 4.79 Å². The minimum absolute atomic E-state index is 0.201. The average molecular weight is 638 g/mol. The molecule has 3 aromatic carbocycles. The van der Waals surface area contributed by atoms with Crippen LogP contribution in [0.3, 0.4) is 0 Å². The molecule has 4 aromatic rings. The van der Waals surface area contributed by atoms with Gasteiger partial charge >= 0.3 is 12.1 Å². The summed E-state index contributed by atoms with van der Waals surface area (Å²) in [6, 6.07) is 18.3. The van der Waals surface area contributed by atoms with E-state index in [0.29, 0.717) is 73.5 Å². The Balaban J connectivity index is 1.26. The van der Waals surface area contributed by atoms with Gasteiger partial charge in [-0.2, -0.15) is 0 Å². The molecule has 1 unspecified atom stereocenters. The van der Waals surface area contributed by atoms with Crippen molar-refractivity contribution in [1.82, 2.24) is 14.9 Å². The number of benzene rings is 3. The molecule has 1 heterocycles. The summed E-state index contributed by atoms with van der Waals surface area (Å²) in [5.41, 5.74) is 0.331. The first-order chi connectivity index (χ1) is 21.6. The molecule has 12 heteroatoms. The molecular formula is C33H39N3O8S. The van der Waals surface area contributed by atoms with Gasteiger partial charge in [0.2, 0.25) is 0 Å². The summed E-state index contributed by atoms with van der Waals surface area (Å²) < 4.78 is 23.3. The van der Waals surface area contributed by atoms with Gasteiger partial charge in [0.1, 0.15) is 23.2 Å². The first kappa shape index (κ1) is 33.8. The highest BCUT2D eigenvalue weighted by atomic mass is 32.2. The van der Waals surface area contributed by atoms with Gasteiger partial charge in [-0.25, -0.2) is 9.78 Å². The van der Waals surface area contributed by atoms with Crippen LogP contribution in [0.25, 0.3) is 21.7 Å². The number of nitrogens with zero attached hydrogens (tertiary/aromatic N) is 2. The van der Waals surface area contributed by atoms with E-state index in [1.165, 1.54) is 4.57 Å². The number of ether oxygens (including phenoxy) is 4. The number of rotatable bonds is 15. The van der Waals surface area contributed by atoms with Crippen LogP contribution in [0.2, 0.25) is 0 Å². The molecule has 1 aromatic heterocycles. The van der Waals surface area contributed by atoms with Crippen LogP contribution in [0, 0.1) is 0 Å². The van der Waals surface area contributed by atoms with Crippen LogP contribution in [-0.2, 0) is 25.5 Å². The van der Waals surface area contributed by atoms with Crippen LogP contribution in [0.1, 0.15) is 38.5 Å². The van der Waals surface area contributed by atoms with Gasteiger partial charge in [0.15, 0.2) is 5.16 Å². The van der Waals surface area contributed by atoms with E-state index in [9.17, 15) is 19.5 Å². The fourth-order valence-corrected chi connectivity index (χ4v) is 5.54. The molecule has 4 rings (SSSR count). The van der Waals surface area contributed by atoms with Gasteiger partial charge in [-0.15, -0.1) is 0 Å². The zero-order valence-corrected chi connectivity index (χ0v) is 26.7. The number of carboxylic acids is 1. The molecule has 2 N–H and O–H groups in total. The van der Waals surface area contributed by atoms with Gasteiger partial charge in [0.05, 0.1) is 37.3 Å². The molecule has 0 aliphatic carbocycles. The van der Waals surface area contributed by atoms with Crippen LogP contribution in [-0.4, -0.2) is 71.9 Å². The minimum atomic E-state index is -1.04. The Morgan fingerprint density at radius 1 is 0.956 bits per heavy atom. The number of carbonyl (C=O) groups excluding carboxylic acids is 1. The smallest absolute Gasteiger partial charge is 0.407 e. The maximum Gasteiger partial charge on any atom is 0.407 e. The maximum absolute atomic E-state index is 13.4. The first-order valence-corrected chi connectivity index (χ1v) is 15.6. The summed E-state index contributed by atoms with van der Waals surface area (Å²) in [5, 5.41) is 14.5. The summed E-state index contributed by atoms with van der Waals surface area (Å²) in [4.78, 5) is 42.0. The zero-order valence-electron chi connectivity index (χ0n) is 25.9. The number of amides is 1. The topological polar surface area (TPSA) is 138 Å². The maximum atomic E-state index is 13.4. The van der Waals surface area contributed by atoms with Crippen molar-refractivity contribution in [3.8, 4) is 5.75 Å². The molecule has 1 atom stereocenters. The fraction of sp³-hybridized carbons (Fsp3) is 0.394. The lowest BCUT2D eigenvalue weighted by Crippen LogP contribution is -2.34. The summed E-state index contributed by atoms with van der Waals surface area (Å²) in [7, 11) is 0. The van der Waals surface area contributed by atoms with Gasteiger partial charge in [-0.3, -0.25) is 14.2 Å². The molecule has 0 spiro atoms. The van der Waals surface area contributed by atoms with E-state index in [1.54, 1.807) is 45.0 Å². The Morgan fingerprint density at radius 2 is 1.60 bits per heavy atom. The number of hydrogen-bond donors (Lipinski definition) is 2. The summed E-state index contributed by atoms with van der Waals surface area (Å²) in [6.07, 6.45) is -0.483. The summed E-state index contributed by atoms with van der Waals surface area (Å²) in [6.45, 7) is 9.65. The highest BCUT2D eigenvalue weighted by Crippen LogP contribution is 2.35. The van der Waals surface area contributed by atoms with E-state index in [2.05, 4.69) is 5.32 Å². The molecular weight excluding hydrogens is 598 g/mol. The largest absolute Gasteiger partial charge is 0.491 e. The van der Waals surface area contributed by atoms with Gasteiger partial charge in [-0.1, -0.05) is 48.2 Å². The first-order valence-electron chi connectivity index (χ1n) is 14.7. The second-order valence-corrected chi connectivity index (χ2v) is 12.1. The van der Waals surface area contributed by atoms with Crippen LogP contribution in [0.15, 0.2) is 70.6 Å². The van der Waals surface area contributed by atoms with E-state index in [4.69, 9.17) is 23.9 Å². The Hall–Kier alpha value is -4.13. The molecule has 0 radical (unpaired) electrons. The third-order valence-corrected chi connectivity index (χ3v) is 7.75. The second kappa shape index (κ2) is 15.7. The van der Waals surface area contributed by atoms with Gasteiger partial charge in [-0.05, 0) is 68.3 Å². The summed E-state index contributed by atoms with van der Waals surface area (Å²) >= 11 is 1.03. The third kappa shape index (κ3) is 9.68. The molecule has 0 bridgehead atoms. The number of carbonyl (C=O) groups is 2. The molecule has 0 saturated heterocycles. The number of nitrogens with one attached hydrogen (secondary N) is 1. The highest BCUT2D eigenvalue weighted by molar-refractivity contribution is 8.00. The SMILES string of the molecule is CCn1c(SC(C(=O)O)c2ccc(OCCOCCOCCNC(=O)OC(C)(C)C)cc2)nc2cc3ccccc3cc2c1=O. The average Bonchev–Trinajstić information content (AvgIpc) is 2.99.